The van der Waals surface area contributed by atoms with E-state index in [1.165, 1.54) is 11.9 Å². The molecule has 3 amide bonds. The number of anilines is 1. The van der Waals surface area contributed by atoms with Crippen LogP contribution in [0.15, 0.2) is 72.8 Å². The molecule has 0 aliphatic heterocycles. The molecule has 0 aliphatic carbocycles. The highest BCUT2D eigenvalue weighted by Gasteiger charge is 2.33. The Balaban J connectivity index is 1.84. The quantitative estimate of drug-likeness (QED) is 0.479. The minimum Gasteiger partial charge on any atom is -0.444 e. The van der Waals surface area contributed by atoms with E-state index in [0.717, 1.165) is 10.8 Å². The average molecular weight is 478 g/mol. The summed E-state index contributed by atoms with van der Waals surface area (Å²) in [7, 11) is 1.46. The Morgan fingerprint density at radius 1 is 0.943 bits per heavy atom. The molecular weight excluding hydrogens is 446 g/mol. The Labute approximate surface area is 204 Å². The summed E-state index contributed by atoms with van der Waals surface area (Å²) in [6.45, 7) is 4.42. The summed E-state index contributed by atoms with van der Waals surface area (Å²) in [6.07, 6.45) is -0.838. The Bertz CT molecular complexity index is 1190. The molecule has 0 aromatic heterocycles. The number of fused-ring (bicyclic) bond motifs is 1. The number of ether oxygens (including phenoxy) is 1. The third-order valence-corrected chi connectivity index (χ3v) is 5.29. The first-order valence-corrected chi connectivity index (χ1v) is 11.3. The number of aliphatic hydroxyl groups is 1. The van der Waals surface area contributed by atoms with E-state index in [9.17, 15) is 19.5 Å². The predicted octanol–water partition coefficient (Wildman–Crippen LogP) is 3.86. The molecule has 0 saturated heterocycles. The van der Waals surface area contributed by atoms with Crippen LogP contribution in [0.1, 0.15) is 32.4 Å². The number of nitrogens with zero attached hydrogens (tertiary/aromatic N) is 1. The SMILES string of the molecule is CN(C(=O)C(CO)NC(=O)OC(C)(C)C)C(C(=O)Nc1ccc2ccccc2c1)c1ccccc1. The van der Waals surface area contributed by atoms with E-state index in [-0.39, 0.29) is 0 Å². The smallest absolute Gasteiger partial charge is 0.408 e. The molecule has 3 aromatic carbocycles. The number of likely N-dealkylation sites (N-methyl/N-ethyl adjacent to an activating group) is 1. The topological polar surface area (TPSA) is 108 Å². The lowest BCUT2D eigenvalue weighted by molar-refractivity contribution is -0.139. The zero-order chi connectivity index (χ0) is 25.6. The molecular formula is C27H31N3O5. The van der Waals surface area contributed by atoms with Gasteiger partial charge in [0, 0.05) is 12.7 Å². The Morgan fingerprint density at radius 2 is 1.57 bits per heavy atom. The number of benzene rings is 3. The molecule has 0 fully saturated rings. The van der Waals surface area contributed by atoms with Gasteiger partial charge in [-0.3, -0.25) is 9.59 Å². The molecule has 184 valence electrons. The summed E-state index contributed by atoms with van der Waals surface area (Å²) in [5.74, 6) is -1.07. The zero-order valence-electron chi connectivity index (χ0n) is 20.3. The van der Waals surface area contributed by atoms with Crippen molar-refractivity contribution in [2.24, 2.45) is 0 Å². The summed E-state index contributed by atoms with van der Waals surface area (Å²) < 4.78 is 5.20. The van der Waals surface area contributed by atoms with E-state index in [1.807, 2.05) is 42.5 Å². The van der Waals surface area contributed by atoms with E-state index in [4.69, 9.17) is 4.74 Å². The second-order valence-electron chi connectivity index (χ2n) is 9.19. The van der Waals surface area contributed by atoms with E-state index in [2.05, 4.69) is 10.6 Å². The van der Waals surface area contributed by atoms with E-state index in [0.29, 0.717) is 11.3 Å². The number of nitrogens with one attached hydrogen (secondary N) is 2. The van der Waals surface area contributed by atoms with Crippen molar-refractivity contribution in [1.29, 1.82) is 0 Å². The van der Waals surface area contributed by atoms with Crippen LogP contribution >= 0.6 is 0 Å². The Kier molecular flexibility index (Phi) is 8.09. The number of alkyl carbamates (subject to hydrolysis) is 1. The second-order valence-corrected chi connectivity index (χ2v) is 9.19. The van der Waals surface area contributed by atoms with Crippen molar-refractivity contribution in [2.45, 2.75) is 38.5 Å². The lowest BCUT2D eigenvalue weighted by Gasteiger charge is -2.31. The van der Waals surface area contributed by atoms with Gasteiger partial charge in [-0.15, -0.1) is 0 Å². The first-order chi connectivity index (χ1) is 16.6. The second kappa shape index (κ2) is 11.0. The van der Waals surface area contributed by atoms with E-state index in [1.54, 1.807) is 51.1 Å². The molecule has 3 rings (SSSR count). The molecule has 8 heteroatoms. The third-order valence-electron chi connectivity index (χ3n) is 5.29. The molecule has 0 aliphatic rings. The fourth-order valence-corrected chi connectivity index (χ4v) is 3.67. The maximum atomic E-state index is 13.4. The molecule has 0 bridgehead atoms. The molecule has 2 atom stereocenters. The monoisotopic (exact) mass is 477 g/mol. The van der Waals surface area contributed by atoms with Crippen LogP contribution in [0.4, 0.5) is 10.5 Å². The summed E-state index contributed by atoms with van der Waals surface area (Å²) in [5.41, 5.74) is 0.391. The maximum Gasteiger partial charge on any atom is 0.408 e. The number of aliphatic hydroxyl groups excluding tert-OH is 1. The van der Waals surface area contributed by atoms with Gasteiger partial charge in [-0.25, -0.2) is 4.79 Å². The van der Waals surface area contributed by atoms with Crippen LogP contribution < -0.4 is 10.6 Å². The number of carbonyl (C=O) groups is 3. The fraction of sp³-hybridized carbons (Fsp3) is 0.296. The average Bonchev–Trinajstić information content (AvgIpc) is 2.81. The molecule has 3 N–H and O–H groups in total. The molecule has 3 aromatic rings. The van der Waals surface area contributed by atoms with Gasteiger partial charge in [-0.1, -0.05) is 60.7 Å². The number of hydrogen-bond acceptors (Lipinski definition) is 5. The molecule has 0 heterocycles. The van der Waals surface area contributed by atoms with Gasteiger partial charge in [0.2, 0.25) is 5.91 Å². The lowest BCUT2D eigenvalue weighted by atomic mass is 10.0. The molecule has 8 nitrogen and oxygen atoms in total. The van der Waals surface area contributed by atoms with Crippen molar-refractivity contribution >= 4 is 34.4 Å². The minimum atomic E-state index is -1.28. The van der Waals surface area contributed by atoms with Crippen LogP contribution in [-0.2, 0) is 14.3 Å². The summed E-state index contributed by atoms with van der Waals surface area (Å²) in [5, 5.41) is 17.1. The first-order valence-electron chi connectivity index (χ1n) is 11.3. The first kappa shape index (κ1) is 25.7. The van der Waals surface area contributed by atoms with Crippen LogP contribution in [0.2, 0.25) is 0 Å². The molecule has 35 heavy (non-hydrogen) atoms. The van der Waals surface area contributed by atoms with Crippen molar-refractivity contribution < 1.29 is 24.2 Å². The molecule has 0 spiro atoms. The van der Waals surface area contributed by atoms with Gasteiger partial charge in [0.25, 0.3) is 5.91 Å². The van der Waals surface area contributed by atoms with Crippen molar-refractivity contribution in [3.05, 3.63) is 78.4 Å². The number of rotatable bonds is 7. The Hall–Kier alpha value is -3.91. The van der Waals surface area contributed by atoms with Crippen molar-refractivity contribution in [3.8, 4) is 0 Å². The van der Waals surface area contributed by atoms with Crippen molar-refractivity contribution in [1.82, 2.24) is 10.2 Å². The number of hydrogen-bond donors (Lipinski definition) is 3. The van der Waals surface area contributed by atoms with Gasteiger partial charge in [0.1, 0.15) is 17.7 Å². The highest BCUT2D eigenvalue weighted by atomic mass is 16.6. The van der Waals surface area contributed by atoms with Gasteiger partial charge in [0.05, 0.1) is 6.61 Å². The normalized spacial score (nSPS) is 12.9. The van der Waals surface area contributed by atoms with Crippen molar-refractivity contribution in [3.63, 3.8) is 0 Å². The summed E-state index contributed by atoms with van der Waals surface area (Å²) in [4.78, 5) is 40.1. The van der Waals surface area contributed by atoms with Crippen molar-refractivity contribution in [2.75, 3.05) is 19.0 Å². The third kappa shape index (κ3) is 6.80. The highest BCUT2D eigenvalue weighted by molar-refractivity contribution is 6.00. The number of carbonyl (C=O) groups excluding carboxylic acids is 3. The van der Waals surface area contributed by atoms with Crippen LogP contribution in [0, 0.1) is 0 Å². The van der Waals surface area contributed by atoms with Crippen LogP contribution in [0.3, 0.4) is 0 Å². The van der Waals surface area contributed by atoms with Gasteiger partial charge >= 0.3 is 6.09 Å². The highest BCUT2D eigenvalue weighted by Crippen LogP contribution is 2.24. The maximum absolute atomic E-state index is 13.4. The summed E-state index contributed by atoms with van der Waals surface area (Å²) in [6, 6.07) is 19.9. The lowest BCUT2D eigenvalue weighted by Crippen LogP contribution is -2.52. The van der Waals surface area contributed by atoms with E-state index < -0.39 is 42.2 Å². The molecule has 0 saturated carbocycles. The van der Waals surface area contributed by atoms with Gasteiger partial charge in [-0.2, -0.15) is 0 Å². The van der Waals surface area contributed by atoms with Gasteiger partial charge < -0.3 is 25.4 Å². The standard InChI is InChI=1S/C27H31N3O5/c1-27(2,3)35-26(34)29-22(17-31)25(33)30(4)23(19-11-6-5-7-12-19)24(32)28-21-15-14-18-10-8-9-13-20(18)16-21/h5-16,22-23,31H,17H2,1-4H3,(H,28,32)(H,29,34). The zero-order valence-corrected chi connectivity index (χ0v) is 20.3. The molecule has 0 radical (unpaired) electrons. The van der Waals surface area contributed by atoms with Gasteiger partial charge in [-0.05, 0) is 49.2 Å². The predicted molar refractivity (Wildman–Crippen MR) is 135 cm³/mol. The van der Waals surface area contributed by atoms with Crippen LogP contribution in [0.5, 0.6) is 0 Å². The molecule has 2 unspecified atom stereocenters. The number of amides is 3. The van der Waals surface area contributed by atoms with E-state index >= 15 is 0 Å². The van der Waals surface area contributed by atoms with Crippen LogP contribution in [0.25, 0.3) is 10.8 Å². The van der Waals surface area contributed by atoms with Crippen LogP contribution in [-0.4, -0.2) is 53.2 Å². The van der Waals surface area contributed by atoms with Gasteiger partial charge in [0.15, 0.2) is 0 Å². The fourth-order valence-electron chi connectivity index (χ4n) is 3.67. The largest absolute Gasteiger partial charge is 0.444 e. The minimum absolute atomic E-state index is 0.434. The summed E-state index contributed by atoms with van der Waals surface area (Å²) >= 11 is 0. The Morgan fingerprint density at radius 3 is 2.20 bits per heavy atom.